The number of pyridine rings is 1. The van der Waals surface area contributed by atoms with Gasteiger partial charge in [-0.05, 0) is 75.1 Å². The Kier molecular flexibility index (Phi) is 10.2. The third-order valence-electron chi connectivity index (χ3n) is 8.60. The number of aromatic nitrogens is 3. The number of allylic oxidation sites excluding steroid dienone is 1. The molecule has 2 aliphatic carbocycles. The van der Waals surface area contributed by atoms with Gasteiger partial charge in [0.25, 0.3) is 5.91 Å². The fourth-order valence-corrected chi connectivity index (χ4v) is 7.10. The molecule has 220 valence electrons. The van der Waals surface area contributed by atoms with Crippen LogP contribution in [0.25, 0.3) is 11.1 Å². The maximum Gasteiger partial charge on any atom is 0.272 e. The fraction of sp³-hybridized carbons (Fsp3) is 0.645. The Morgan fingerprint density at radius 2 is 1.65 bits per heavy atom. The van der Waals surface area contributed by atoms with Crippen LogP contribution in [0.15, 0.2) is 23.4 Å². The van der Waals surface area contributed by atoms with E-state index in [0.29, 0.717) is 47.7 Å². The SMILES string of the molecule is Cc1nn(COCC[Si](C)(C)C)c(C)c1-c1ccc(NC(=O)C(N)=C(C2CCCCC2)C2CCCCC2)nc1F. The molecular formula is C31H48FN5O2Si. The van der Waals surface area contributed by atoms with E-state index in [1.807, 2.05) is 13.8 Å². The quantitative estimate of drug-likeness (QED) is 0.135. The van der Waals surface area contributed by atoms with Gasteiger partial charge >= 0.3 is 0 Å². The highest BCUT2D eigenvalue weighted by molar-refractivity contribution is 6.76. The highest BCUT2D eigenvalue weighted by Crippen LogP contribution is 2.40. The molecule has 0 saturated heterocycles. The largest absolute Gasteiger partial charge is 0.394 e. The summed E-state index contributed by atoms with van der Waals surface area (Å²) in [5, 5.41) is 7.37. The maximum absolute atomic E-state index is 15.4. The van der Waals surface area contributed by atoms with E-state index < -0.39 is 14.0 Å². The standard InChI is InChI=1S/C31H48FN5O2Si/c1-21-27(22(2)37(36-21)20-39-18-19-40(3,4)5)25-16-17-26(34-30(25)32)35-31(38)29(33)28(23-12-8-6-9-13-23)24-14-10-7-11-15-24/h16-17,23-24H,6-15,18-20,33H2,1-5H3,(H,34,35,38). The lowest BCUT2D eigenvalue weighted by atomic mass is 9.73. The van der Waals surface area contributed by atoms with Gasteiger partial charge in [-0.15, -0.1) is 0 Å². The van der Waals surface area contributed by atoms with Crippen molar-refractivity contribution in [3.05, 3.63) is 40.7 Å². The van der Waals surface area contributed by atoms with Crippen molar-refractivity contribution < 1.29 is 13.9 Å². The third kappa shape index (κ3) is 7.60. The van der Waals surface area contributed by atoms with E-state index >= 15 is 4.39 Å². The number of nitrogens with two attached hydrogens (primary N) is 1. The number of carbonyl (C=O) groups is 1. The van der Waals surface area contributed by atoms with Crippen LogP contribution in [0.3, 0.4) is 0 Å². The van der Waals surface area contributed by atoms with E-state index in [1.165, 1.54) is 38.5 Å². The van der Waals surface area contributed by atoms with E-state index in [-0.39, 0.29) is 11.7 Å². The van der Waals surface area contributed by atoms with Gasteiger partial charge in [0.2, 0.25) is 5.95 Å². The van der Waals surface area contributed by atoms with Crippen molar-refractivity contribution in [2.45, 2.75) is 110 Å². The molecule has 0 spiro atoms. The first-order valence-corrected chi connectivity index (χ1v) is 18.9. The molecule has 9 heteroatoms. The van der Waals surface area contributed by atoms with Gasteiger partial charge in [0.05, 0.1) is 11.4 Å². The molecule has 2 aromatic rings. The lowest BCUT2D eigenvalue weighted by molar-refractivity contribution is -0.113. The minimum Gasteiger partial charge on any atom is -0.394 e. The average molecular weight is 570 g/mol. The molecule has 4 rings (SSSR count). The Labute approximate surface area is 240 Å². The third-order valence-corrected chi connectivity index (χ3v) is 10.3. The van der Waals surface area contributed by atoms with E-state index in [9.17, 15) is 4.79 Å². The molecule has 2 saturated carbocycles. The smallest absolute Gasteiger partial charge is 0.272 e. The zero-order chi connectivity index (χ0) is 28.9. The van der Waals surface area contributed by atoms with Gasteiger partial charge < -0.3 is 15.8 Å². The molecule has 7 nitrogen and oxygen atoms in total. The Hall–Kier alpha value is -2.52. The first kappa shape index (κ1) is 30.4. The summed E-state index contributed by atoms with van der Waals surface area (Å²) in [6.07, 6.45) is 11.6. The molecule has 3 N–H and O–H groups in total. The highest BCUT2D eigenvalue weighted by atomic mass is 28.3. The molecular weight excluding hydrogens is 521 g/mol. The van der Waals surface area contributed by atoms with E-state index in [1.54, 1.807) is 16.8 Å². The second-order valence-corrected chi connectivity index (χ2v) is 18.5. The predicted octanol–water partition coefficient (Wildman–Crippen LogP) is 7.33. The van der Waals surface area contributed by atoms with Crippen molar-refractivity contribution in [1.82, 2.24) is 14.8 Å². The normalized spacial score (nSPS) is 17.1. The van der Waals surface area contributed by atoms with Gasteiger partial charge in [-0.25, -0.2) is 9.67 Å². The molecule has 2 heterocycles. The van der Waals surface area contributed by atoms with Gasteiger partial charge in [0, 0.05) is 31.5 Å². The number of halogens is 1. The summed E-state index contributed by atoms with van der Waals surface area (Å²) < 4.78 is 23.0. The van der Waals surface area contributed by atoms with Gasteiger partial charge in [-0.3, -0.25) is 4.79 Å². The summed E-state index contributed by atoms with van der Waals surface area (Å²) >= 11 is 0. The van der Waals surface area contributed by atoms with Crippen LogP contribution < -0.4 is 11.1 Å². The average Bonchev–Trinajstić information content (AvgIpc) is 3.20. The van der Waals surface area contributed by atoms with Crippen molar-refractivity contribution in [1.29, 1.82) is 0 Å². The zero-order valence-electron chi connectivity index (χ0n) is 25.1. The van der Waals surface area contributed by atoms with Crippen molar-refractivity contribution >= 4 is 19.8 Å². The molecule has 0 radical (unpaired) electrons. The van der Waals surface area contributed by atoms with Crippen molar-refractivity contribution in [2.75, 3.05) is 11.9 Å². The molecule has 0 atom stereocenters. The molecule has 2 aromatic heterocycles. The number of carbonyl (C=O) groups excluding carboxylic acids is 1. The molecule has 0 bridgehead atoms. The molecule has 2 fully saturated rings. The summed E-state index contributed by atoms with van der Waals surface area (Å²) in [7, 11) is -1.18. The Bertz CT molecular complexity index is 1190. The number of rotatable bonds is 10. The topological polar surface area (TPSA) is 95.1 Å². The molecule has 0 aromatic carbocycles. The first-order chi connectivity index (χ1) is 19.0. The van der Waals surface area contributed by atoms with Crippen LogP contribution >= 0.6 is 0 Å². The van der Waals surface area contributed by atoms with Crippen LogP contribution in [0.2, 0.25) is 25.7 Å². The number of anilines is 1. The van der Waals surface area contributed by atoms with E-state index in [4.69, 9.17) is 10.5 Å². The van der Waals surface area contributed by atoms with E-state index in [2.05, 4.69) is 35.0 Å². The highest BCUT2D eigenvalue weighted by Gasteiger charge is 2.30. The van der Waals surface area contributed by atoms with Crippen LogP contribution in [0, 0.1) is 31.6 Å². The maximum atomic E-state index is 15.4. The van der Waals surface area contributed by atoms with Crippen LogP contribution in [0.4, 0.5) is 10.2 Å². The molecule has 2 aliphatic rings. The Morgan fingerprint density at radius 3 is 2.20 bits per heavy atom. The number of amides is 1. The van der Waals surface area contributed by atoms with Crippen molar-refractivity contribution in [3.8, 4) is 11.1 Å². The molecule has 0 unspecified atom stereocenters. The number of nitrogens with one attached hydrogen (secondary N) is 1. The Balaban J connectivity index is 1.50. The van der Waals surface area contributed by atoms with E-state index in [0.717, 1.165) is 43.0 Å². The fourth-order valence-electron chi connectivity index (χ4n) is 6.35. The number of hydrogen-bond acceptors (Lipinski definition) is 5. The van der Waals surface area contributed by atoms with Crippen molar-refractivity contribution in [2.24, 2.45) is 17.6 Å². The predicted molar refractivity (Wildman–Crippen MR) is 162 cm³/mol. The Morgan fingerprint density at radius 1 is 1.05 bits per heavy atom. The molecule has 40 heavy (non-hydrogen) atoms. The summed E-state index contributed by atoms with van der Waals surface area (Å²) in [5.74, 6) is -0.112. The van der Waals surface area contributed by atoms with Gasteiger partial charge in [-0.1, -0.05) is 58.2 Å². The van der Waals surface area contributed by atoms with Crippen molar-refractivity contribution in [3.63, 3.8) is 0 Å². The number of hydrogen-bond donors (Lipinski definition) is 2. The minimum absolute atomic E-state index is 0.165. The van der Waals surface area contributed by atoms with Gasteiger partial charge in [0.15, 0.2) is 0 Å². The van der Waals surface area contributed by atoms with Crippen LogP contribution in [0.5, 0.6) is 0 Å². The monoisotopic (exact) mass is 569 g/mol. The lowest BCUT2D eigenvalue weighted by Gasteiger charge is -2.33. The number of ether oxygens (including phenoxy) is 1. The molecule has 0 aliphatic heterocycles. The van der Waals surface area contributed by atoms with Gasteiger partial charge in [-0.2, -0.15) is 9.49 Å². The van der Waals surface area contributed by atoms with Crippen LogP contribution in [0.1, 0.15) is 75.6 Å². The van der Waals surface area contributed by atoms with Crippen LogP contribution in [-0.4, -0.2) is 35.4 Å². The summed E-state index contributed by atoms with van der Waals surface area (Å²) in [6.45, 7) is 11.7. The summed E-state index contributed by atoms with van der Waals surface area (Å²) in [4.78, 5) is 17.4. The second kappa shape index (κ2) is 13.4. The summed E-state index contributed by atoms with van der Waals surface area (Å²) in [6, 6.07) is 4.38. The number of aryl methyl sites for hydroxylation is 1. The lowest BCUT2D eigenvalue weighted by Crippen LogP contribution is -2.29. The van der Waals surface area contributed by atoms with Gasteiger partial charge in [0.1, 0.15) is 12.5 Å². The zero-order valence-corrected chi connectivity index (χ0v) is 26.1. The molecule has 1 amide bonds. The van der Waals surface area contributed by atoms with Crippen LogP contribution in [-0.2, 0) is 16.3 Å². The number of nitrogens with zero attached hydrogens (tertiary/aromatic N) is 3. The minimum atomic E-state index is -1.18. The first-order valence-electron chi connectivity index (χ1n) is 15.1. The summed E-state index contributed by atoms with van der Waals surface area (Å²) in [5.41, 5.74) is 10.6. The second-order valence-electron chi connectivity index (χ2n) is 12.9.